The Bertz CT molecular complexity index is 414. The third-order valence-electron chi connectivity index (χ3n) is 2.20. The molecular weight excluding hydrogens is 222 g/mol. The van der Waals surface area contributed by atoms with Gasteiger partial charge in [0.05, 0.1) is 4.92 Å². The standard InChI is InChI=1S/C10H17N5O2/c1-10(2,3)4-5-12-9-7(15(16)17)8(11)13-6-14-9/h6H,4-5H2,1-3H3,(H3,11,12,13,14). The van der Waals surface area contributed by atoms with E-state index in [4.69, 9.17) is 5.73 Å². The van der Waals surface area contributed by atoms with E-state index in [0.29, 0.717) is 6.54 Å². The molecule has 0 aliphatic heterocycles. The maximum absolute atomic E-state index is 10.8. The van der Waals surface area contributed by atoms with E-state index in [0.717, 1.165) is 6.42 Å². The molecule has 1 heterocycles. The van der Waals surface area contributed by atoms with Crippen molar-refractivity contribution in [2.75, 3.05) is 17.6 Å². The lowest BCUT2D eigenvalue weighted by Crippen LogP contribution is -2.15. The van der Waals surface area contributed by atoms with Gasteiger partial charge in [-0.3, -0.25) is 10.1 Å². The molecule has 1 aromatic rings. The van der Waals surface area contributed by atoms with E-state index in [-0.39, 0.29) is 22.7 Å². The van der Waals surface area contributed by atoms with Crippen LogP contribution >= 0.6 is 0 Å². The van der Waals surface area contributed by atoms with Crippen molar-refractivity contribution in [1.82, 2.24) is 9.97 Å². The fraction of sp³-hybridized carbons (Fsp3) is 0.600. The number of nitro groups is 1. The minimum Gasteiger partial charge on any atom is -0.378 e. The van der Waals surface area contributed by atoms with Gasteiger partial charge in [-0.1, -0.05) is 20.8 Å². The van der Waals surface area contributed by atoms with Crippen molar-refractivity contribution in [2.45, 2.75) is 27.2 Å². The largest absolute Gasteiger partial charge is 0.378 e. The number of rotatable bonds is 4. The van der Waals surface area contributed by atoms with Gasteiger partial charge in [0.1, 0.15) is 6.33 Å². The molecule has 1 rings (SSSR count). The topological polar surface area (TPSA) is 107 Å². The monoisotopic (exact) mass is 239 g/mol. The Kier molecular flexibility index (Phi) is 3.82. The van der Waals surface area contributed by atoms with Crippen LogP contribution in [-0.4, -0.2) is 21.4 Å². The average Bonchev–Trinajstić information content (AvgIpc) is 2.14. The number of nitrogens with zero attached hydrogens (tertiary/aromatic N) is 3. The zero-order valence-corrected chi connectivity index (χ0v) is 10.2. The second kappa shape index (κ2) is 4.94. The summed E-state index contributed by atoms with van der Waals surface area (Å²) in [6.45, 7) is 6.88. The normalized spacial score (nSPS) is 11.2. The molecule has 0 aliphatic carbocycles. The van der Waals surface area contributed by atoms with Crippen LogP contribution in [0.1, 0.15) is 27.2 Å². The van der Waals surface area contributed by atoms with Crippen molar-refractivity contribution >= 4 is 17.3 Å². The molecule has 0 saturated heterocycles. The molecule has 1 aromatic heterocycles. The van der Waals surface area contributed by atoms with Crippen LogP contribution in [0.25, 0.3) is 0 Å². The predicted molar refractivity (Wildman–Crippen MR) is 65.7 cm³/mol. The van der Waals surface area contributed by atoms with E-state index < -0.39 is 4.92 Å². The summed E-state index contributed by atoms with van der Waals surface area (Å²) in [6.07, 6.45) is 2.08. The lowest BCUT2D eigenvalue weighted by Gasteiger charge is -2.18. The van der Waals surface area contributed by atoms with Crippen molar-refractivity contribution in [3.05, 3.63) is 16.4 Å². The molecule has 0 saturated carbocycles. The van der Waals surface area contributed by atoms with Gasteiger partial charge in [0, 0.05) is 6.54 Å². The molecule has 0 atom stereocenters. The lowest BCUT2D eigenvalue weighted by molar-refractivity contribution is -0.383. The quantitative estimate of drug-likeness (QED) is 0.613. The number of nitrogens with one attached hydrogen (secondary N) is 1. The second-order valence-corrected chi connectivity index (χ2v) is 4.95. The summed E-state index contributed by atoms with van der Waals surface area (Å²) in [4.78, 5) is 17.7. The van der Waals surface area contributed by atoms with Crippen molar-refractivity contribution in [1.29, 1.82) is 0 Å². The number of nitrogen functional groups attached to an aromatic ring is 1. The summed E-state index contributed by atoms with van der Waals surface area (Å²) < 4.78 is 0. The number of nitrogens with two attached hydrogens (primary N) is 1. The van der Waals surface area contributed by atoms with Crippen LogP contribution in [0.4, 0.5) is 17.3 Å². The third-order valence-corrected chi connectivity index (χ3v) is 2.20. The van der Waals surface area contributed by atoms with Gasteiger partial charge >= 0.3 is 5.69 Å². The van der Waals surface area contributed by atoms with Gasteiger partial charge in [-0.25, -0.2) is 9.97 Å². The van der Waals surface area contributed by atoms with Crippen LogP contribution in [0, 0.1) is 15.5 Å². The Morgan fingerprint density at radius 1 is 1.47 bits per heavy atom. The Morgan fingerprint density at radius 2 is 2.12 bits per heavy atom. The van der Waals surface area contributed by atoms with E-state index in [1.54, 1.807) is 0 Å². The minimum atomic E-state index is -0.575. The third kappa shape index (κ3) is 3.86. The summed E-state index contributed by atoms with van der Waals surface area (Å²) in [5.74, 6) is 0.0509. The SMILES string of the molecule is CC(C)(C)CCNc1ncnc(N)c1[N+](=O)[O-]. The molecule has 0 aliphatic rings. The highest BCUT2D eigenvalue weighted by Gasteiger charge is 2.20. The Hall–Kier alpha value is -1.92. The molecule has 94 valence electrons. The Morgan fingerprint density at radius 3 is 2.65 bits per heavy atom. The molecule has 3 N–H and O–H groups in total. The zero-order chi connectivity index (χ0) is 13.1. The van der Waals surface area contributed by atoms with Crippen LogP contribution in [0.2, 0.25) is 0 Å². The van der Waals surface area contributed by atoms with Gasteiger partial charge in [-0.15, -0.1) is 0 Å². The first-order valence-corrected chi connectivity index (χ1v) is 5.30. The highest BCUT2D eigenvalue weighted by atomic mass is 16.6. The maximum Gasteiger partial charge on any atom is 0.352 e. The van der Waals surface area contributed by atoms with E-state index in [1.165, 1.54) is 6.33 Å². The smallest absolute Gasteiger partial charge is 0.352 e. The molecule has 0 aromatic carbocycles. The number of hydrogen-bond acceptors (Lipinski definition) is 6. The molecule has 0 radical (unpaired) electrons. The summed E-state index contributed by atoms with van der Waals surface area (Å²) in [5.41, 5.74) is 5.34. The molecule has 0 bridgehead atoms. The van der Waals surface area contributed by atoms with Gasteiger partial charge in [0.15, 0.2) is 0 Å². The minimum absolute atomic E-state index is 0.122. The van der Waals surface area contributed by atoms with Gasteiger partial charge in [0.25, 0.3) is 0 Å². The summed E-state index contributed by atoms with van der Waals surface area (Å²) in [7, 11) is 0. The summed E-state index contributed by atoms with van der Waals surface area (Å²) in [6, 6.07) is 0. The molecule has 0 spiro atoms. The molecule has 7 heteroatoms. The average molecular weight is 239 g/mol. The van der Waals surface area contributed by atoms with Gasteiger partial charge in [-0.2, -0.15) is 0 Å². The van der Waals surface area contributed by atoms with Crippen LogP contribution in [0.15, 0.2) is 6.33 Å². The summed E-state index contributed by atoms with van der Waals surface area (Å²) >= 11 is 0. The van der Waals surface area contributed by atoms with Gasteiger partial charge in [0.2, 0.25) is 11.6 Å². The predicted octanol–water partition coefficient (Wildman–Crippen LogP) is 1.82. The molecule has 7 nitrogen and oxygen atoms in total. The fourth-order valence-electron chi connectivity index (χ4n) is 1.26. The molecule has 0 fully saturated rings. The van der Waals surface area contributed by atoms with E-state index in [1.807, 2.05) is 0 Å². The highest BCUT2D eigenvalue weighted by molar-refractivity contribution is 5.67. The second-order valence-electron chi connectivity index (χ2n) is 4.95. The van der Waals surface area contributed by atoms with Crippen LogP contribution in [0.3, 0.4) is 0 Å². The number of aromatic nitrogens is 2. The van der Waals surface area contributed by atoms with Crippen LogP contribution < -0.4 is 11.1 Å². The van der Waals surface area contributed by atoms with E-state index >= 15 is 0 Å². The number of anilines is 2. The van der Waals surface area contributed by atoms with Crippen LogP contribution in [-0.2, 0) is 0 Å². The van der Waals surface area contributed by atoms with Crippen LogP contribution in [0.5, 0.6) is 0 Å². The van der Waals surface area contributed by atoms with Crippen molar-refractivity contribution in [2.24, 2.45) is 5.41 Å². The molecule has 0 amide bonds. The van der Waals surface area contributed by atoms with Gasteiger partial charge in [-0.05, 0) is 11.8 Å². The van der Waals surface area contributed by atoms with Gasteiger partial charge < -0.3 is 11.1 Å². The maximum atomic E-state index is 10.8. The molecule has 17 heavy (non-hydrogen) atoms. The zero-order valence-electron chi connectivity index (χ0n) is 10.2. The molecule has 0 unspecified atom stereocenters. The van der Waals surface area contributed by atoms with Crippen molar-refractivity contribution in [3.8, 4) is 0 Å². The van der Waals surface area contributed by atoms with E-state index in [9.17, 15) is 10.1 Å². The lowest BCUT2D eigenvalue weighted by atomic mass is 9.92. The van der Waals surface area contributed by atoms with Crippen molar-refractivity contribution in [3.63, 3.8) is 0 Å². The Balaban J connectivity index is 2.78. The first-order valence-electron chi connectivity index (χ1n) is 5.30. The fourth-order valence-corrected chi connectivity index (χ4v) is 1.26. The highest BCUT2D eigenvalue weighted by Crippen LogP contribution is 2.27. The number of hydrogen-bond donors (Lipinski definition) is 2. The van der Waals surface area contributed by atoms with Crippen molar-refractivity contribution < 1.29 is 4.92 Å². The Labute approximate surface area is 99.6 Å². The summed E-state index contributed by atoms with van der Waals surface area (Å²) in [5, 5.41) is 13.7. The first-order chi connectivity index (χ1) is 7.81. The van der Waals surface area contributed by atoms with E-state index in [2.05, 4.69) is 36.1 Å². The first kappa shape index (κ1) is 13.1. The molecular formula is C10H17N5O2.